The average molecular weight is 269 g/mol. The van der Waals surface area contributed by atoms with E-state index in [1.54, 1.807) is 4.90 Å². The van der Waals surface area contributed by atoms with Crippen LogP contribution in [0.3, 0.4) is 0 Å². The third-order valence-corrected chi connectivity index (χ3v) is 3.63. The van der Waals surface area contributed by atoms with Gasteiger partial charge in [0.05, 0.1) is 12.6 Å². The van der Waals surface area contributed by atoms with Crippen molar-refractivity contribution < 1.29 is 14.3 Å². The second kappa shape index (κ2) is 7.45. The van der Waals surface area contributed by atoms with Gasteiger partial charge in [0.2, 0.25) is 11.8 Å². The molecule has 0 aliphatic carbocycles. The van der Waals surface area contributed by atoms with Crippen molar-refractivity contribution in [3.8, 4) is 0 Å². The van der Waals surface area contributed by atoms with Crippen LogP contribution in [0.4, 0.5) is 0 Å². The minimum absolute atomic E-state index is 0.00714. The van der Waals surface area contributed by atoms with Crippen molar-refractivity contribution in [2.45, 2.75) is 31.8 Å². The van der Waals surface area contributed by atoms with Crippen molar-refractivity contribution in [2.75, 3.05) is 39.3 Å². The van der Waals surface area contributed by atoms with Crippen LogP contribution in [-0.2, 0) is 14.3 Å². The SMILES string of the molecule is O=C(COC1CCNCC1)NCC(=O)N1CCCC1. The highest BCUT2D eigenvalue weighted by molar-refractivity contribution is 5.85. The molecule has 0 aromatic rings. The lowest BCUT2D eigenvalue weighted by molar-refractivity contribution is -0.134. The molecule has 2 fully saturated rings. The lowest BCUT2D eigenvalue weighted by atomic mass is 10.1. The molecule has 2 saturated heterocycles. The number of nitrogens with zero attached hydrogens (tertiary/aromatic N) is 1. The minimum atomic E-state index is -0.203. The first kappa shape index (κ1) is 14.3. The first-order valence-corrected chi connectivity index (χ1v) is 7.12. The number of piperidine rings is 1. The van der Waals surface area contributed by atoms with Gasteiger partial charge in [0, 0.05) is 13.1 Å². The smallest absolute Gasteiger partial charge is 0.246 e. The molecule has 6 nitrogen and oxygen atoms in total. The van der Waals surface area contributed by atoms with Crippen LogP contribution in [-0.4, -0.2) is 62.1 Å². The molecule has 0 spiro atoms. The summed E-state index contributed by atoms with van der Waals surface area (Å²) in [7, 11) is 0. The van der Waals surface area contributed by atoms with E-state index >= 15 is 0 Å². The van der Waals surface area contributed by atoms with E-state index in [-0.39, 0.29) is 31.1 Å². The molecule has 108 valence electrons. The van der Waals surface area contributed by atoms with E-state index in [4.69, 9.17) is 4.74 Å². The number of ether oxygens (including phenoxy) is 1. The van der Waals surface area contributed by atoms with E-state index in [0.717, 1.165) is 51.9 Å². The van der Waals surface area contributed by atoms with Crippen LogP contribution in [0.2, 0.25) is 0 Å². The van der Waals surface area contributed by atoms with Crippen molar-refractivity contribution in [3.05, 3.63) is 0 Å². The van der Waals surface area contributed by atoms with E-state index < -0.39 is 0 Å². The fraction of sp³-hybridized carbons (Fsp3) is 0.846. The zero-order valence-electron chi connectivity index (χ0n) is 11.3. The quantitative estimate of drug-likeness (QED) is 0.705. The highest BCUT2D eigenvalue weighted by Crippen LogP contribution is 2.07. The summed E-state index contributed by atoms with van der Waals surface area (Å²) in [6.45, 7) is 3.67. The molecule has 0 aromatic carbocycles. The summed E-state index contributed by atoms with van der Waals surface area (Å²) in [6, 6.07) is 0. The van der Waals surface area contributed by atoms with Crippen molar-refractivity contribution in [2.24, 2.45) is 0 Å². The zero-order chi connectivity index (χ0) is 13.5. The Balaban J connectivity index is 1.57. The molecule has 0 saturated carbocycles. The summed E-state index contributed by atoms with van der Waals surface area (Å²) >= 11 is 0. The second-order valence-corrected chi connectivity index (χ2v) is 5.12. The highest BCUT2D eigenvalue weighted by atomic mass is 16.5. The van der Waals surface area contributed by atoms with Gasteiger partial charge in [-0.25, -0.2) is 0 Å². The number of nitrogens with one attached hydrogen (secondary N) is 2. The van der Waals surface area contributed by atoms with E-state index in [0.29, 0.717) is 0 Å². The van der Waals surface area contributed by atoms with Crippen LogP contribution in [0, 0.1) is 0 Å². The molecule has 2 heterocycles. The molecule has 6 heteroatoms. The monoisotopic (exact) mass is 269 g/mol. The predicted molar refractivity (Wildman–Crippen MR) is 70.7 cm³/mol. The molecule has 0 bridgehead atoms. The summed E-state index contributed by atoms with van der Waals surface area (Å²) in [6.07, 6.45) is 4.19. The number of hydrogen-bond acceptors (Lipinski definition) is 4. The van der Waals surface area contributed by atoms with E-state index in [9.17, 15) is 9.59 Å². The molecule has 0 atom stereocenters. The van der Waals surface area contributed by atoms with E-state index in [1.807, 2.05) is 0 Å². The zero-order valence-corrected chi connectivity index (χ0v) is 11.3. The molecule has 2 aliphatic heterocycles. The standard InChI is InChI=1S/C13H23N3O3/c17-12(10-19-11-3-5-14-6-4-11)15-9-13(18)16-7-1-2-8-16/h11,14H,1-10H2,(H,15,17). The van der Waals surface area contributed by atoms with Crippen LogP contribution in [0.1, 0.15) is 25.7 Å². The fourth-order valence-corrected chi connectivity index (χ4v) is 2.46. The predicted octanol–water partition coefficient (Wildman–Crippen LogP) is -0.506. The maximum absolute atomic E-state index is 11.7. The second-order valence-electron chi connectivity index (χ2n) is 5.12. The van der Waals surface area contributed by atoms with Gasteiger partial charge in [0.1, 0.15) is 6.61 Å². The van der Waals surface area contributed by atoms with Gasteiger partial charge in [-0.3, -0.25) is 9.59 Å². The number of likely N-dealkylation sites (tertiary alicyclic amines) is 1. The highest BCUT2D eigenvalue weighted by Gasteiger charge is 2.19. The van der Waals surface area contributed by atoms with E-state index in [1.165, 1.54) is 0 Å². The van der Waals surface area contributed by atoms with Crippen LogP contribution < -0.4 is 10.6 Å². The number of amides is 2. The number of hydrogen-bond donors (Lipinski definition) is 2. The molecule has 19 heavy (non-hydrogen) atoms. The Morgan fingerprint density at radius 2 is 1.89 bits per heavy atom. The summed E-state index contributed by atoms with van der Waals surface area (Å²) in [5.41, 5.74) is 0. The van der Waals surface area contributed by atoms with Crippen molar-refractivity contribution in [1.82, 2.24) is 15.5 Å². The normalized spacial score (nSPS) is 20.5. The molecule has 2 N–H and O–H groups in total. The summed E-state index contributed by atoms with van der Waals surface area (Å²) in [5.74, 6) is -0.196. The Kier molecular flexibility index (Phi) is 5.60. The van der Waals surface area contributed by atoms with Gasteiger partial charge in [-0.15, -0.1) is 0 Å². The topological polar surface area (TPSA) is 70.7 Å². The fourth-order valence-electron chi connectivity index (χ4n) is 2.46. The Morgan fingerprint density at radius 3 is 2.58 bits per heavy atom. The minimum Gasteiger partial charge on any atom is -0.368 e. The summed E-state index contributed by atoms with van der Waals surface area (Å²) in [4.78, 5) is 25.1. The molecule has 2 amide bonds. The van der Waals surface area contributed by atoms with Gasteiger partial charge in [-0.2, -0.15) is 0 Å². The molecule has 0 aromatic heterocycles. The Morgan fingerprint density at radius 1 is 1.21 bits per heavy atom. The van der Waals surface area contributed by atoms with Gasteiger partial charge >= 0.3 is 0 Å². The van der Waals surface area contributed by atoms with E-state index in [2.05, 4.69) is 10.6 Å². The summed E-state index contributed by atoms with van der Waals surface area (Å²) < 4.78 is 5.53. The van der Waals surface area contributed by atoms with Crippen LogP contribution in [0.5, 0.6) is 0 Å². The van der Waals surface area contributed by atoms with Crippen LogP contribution in [0.15, 0.2) is 0 Å². The third-order valence-electron chi connectivity index (χ3n) is 3.63. The first-order valence-electron chi connectivity index (χ1n) is 7.12. The van der Waals surface area contributed by atoms with Gasteiger partial charge in [0.25, 0.3) is 0 Å². The molecule has 0 unspecified atom stereocenters. The first-order chi connectivity index (χ1) is 9.25. The summed E-state index contributed by atoms with van der Waals surface area (Å²) in [5, 5.41) is 5.87. The van der Waals surface area contributed by atoms with Gasteiger partial charge in [0.15, 0.2) is 0 Å². The lowest BCUT2D eigenvalue weighted by Gasteiger charge is -2.22. The van der Waals surface area contributed by atoms with Crippen LogP contribution >= 0.6 is 0 Å². The maximum Gasteiger partial charge on any atom is 0.246 e. The number of carbonyl (C=O) groups excluding carboxylic acids is 2. The molecule has 0 radical (unpaired) electrons. The Labute approximate surface area is 113 Å². The Bertz CT molecular complexity index is 310. The van der Waals surface area contributed by atoms with Crippen molar-refractivity contribution >= 4 is 11.8 Å². The largest absolute Gasteiger partial charge is 0.368 e. The molecular formula is C13H23N3O3. The van der Waals surface area contributed by atoms with Gasteiger partial charge in [-0.05, 0) is 38.8 Å². The molecule has 2 rings (SSSR count). The maximum atomic E-state index is 11.7. The lowest BCUT2D eigenvalue weighted by Crippen LogP contribution is -2.41. The van der Waals surface area contributed by atoms with Gasteiger partial charge < -0.3 is 20.3 Å². The van der Waals surface area contributed by atoms with Gasteiger partial charge in [-0.1, -0.05) is 0 Å². The number of carbonyl (C=O) groups is 2. The molecular weight excluding hydrogens is 246 g/mol. The van der Waals surface area contributed by atoms with Crippen molar-refractivity contribution in [1.29, 1.82) is 0 Å². The molecule has 2 aliphatic rings. The number of rotatable bonds is 5. The average Bonchev–Trinajstić information content (AvgIpc) is 2.98. The Hall–Kier alpha value is -1.14. The third kappa shape index (κ3) is 4.80. The van der Waals surface area contributed by atoms with Crippen molar-refractivity contribution in [3.63, 3.8) is 0 Å². The van der Waals surface area contributed by atoms with Crippen LogP contribution in [0.25, 0.3) is 0 Å².